The Kier molecular flexibility index (Phi) is 6.14. The van der Waals surface area contributed by atoms with Gasteiger partial charge >= 0.3 is 0 Å². The first-order chi connectivity index (χ1) is 15.7. The van der Waals surface area contributed by atoms with E-state index in [-0.39, 0.29) is 28.9 Å². The minimum atomic E-state index is -0.266. The molecule has 1 heterocycles. The van der Waals surface area contributed by atoms with Crippen molar-refractivity contribution in [3.8, 4) is 0 Å². The minimum Gasteiger partial charge on any atom is -0.393 e. The number of carbonyl (C=O) groups excluding carboxylic acids is 1. The molecular formula is C27H43N3O3. The molecule has 0 spiro atoms. The summed E-state index contributed by atoms with van der Waals surface area (Å²) in [4.78, 5) is 19.4. The number of aromatic nitrogens is 2. The van der Waals surface area contributed by atoms with Gasteiger partial charge in [0.25, 0.3) is 0 Å². The van der Waals surface area contributed by atoms with E-state index in [4.69, 9.17) is 0 Å². The van der Waals surface area contributed by atoms with Gasteiger partial charge in [0, 0.05) is 18.8 Å². The number of fused-ring (bicyclic) bond motifs is 5. The van der Waals surface area contributed by atoms with Crippen molar-refractivity contribution in [3.63, 3.8) is 0 Å². The van der Waals surface area contributed by atoms with Crippen LogP contribution in [0.2, 0.25) is 0 Å². The van der Waals surface area contributed by atoms with Crippen molar-refractivity contribution in [2.45, 2.75) is 97.2 Å². The fourth-order valence-electron chi connectivity index (χ4n) is 9.25. The quantitative estimate of drug-likeness (QED) is 0.513. The fraction of sp³-hybridized carbons (Fsp3) is 0.852. The monoisotopic (exact) mass is 457 g/mol. The Bertz CT molecular complexity index is 844. The molecule has 10 unspecified atom stereocenters. The largest absolute Gasteiger partial charge is 0.393 e. The van der Waals surface area contributed by atoms with E-state index in [9.17, 15) is 15.0 Å². The molecule has 4 saturated carbocycles. The summed E-state index contributed by atoms with van der Waals surface area (Å²) in [6.07, 6.45) is 13.1. The Morgan fingerprint density at radius 1 is 1.18 bits per heavy atom. The molecule has 10 atom stereocenters. The molecule has 5 rings (SSSR count). The molecular weight excluding hydrogens is 414 g/mol. The molecule has 184 valence electrons. The van der Waals surface area contributed by atoms with E-state index in [2.05, 4.69) is 36.1 Å². The molecule has 0 saturated heterocycles. The van der Waals surface area contributed by atoms with E-state index < -0.39 is 0 Å². The van der Waals surface area contributed by atoms with Crippen molar-refractivity contribution in [2.75, 3.05) is 5.32 Å². The standard InChI is InChI=1S/C27H43N3O3/c1-16(4-9-24(33)30-25-28-12-13-29-25)20-7-8-21-19-6-5-17-14-18(31)10-11-26(17,2)22(19)15-23(32)27(20,21)3/h12-13,16-23,31-32H,4-11,14-15H2,1-3H3,(H2,28,29,30,33). The summed E-state index contributed by atoms with van der Waals surface area (Å²) in [6, 6.07) is 0. The van der Waals surface area contributed by atoms with Gasteiger partial charge in [-0.2, -0.15) is 0 Å². The second kappa shape index (κ2) is 8.67. The van der Waals surface area contributed by atoms with Gasteiger partial charge < -0.3 is 15.2 Å². The van der Waals surface area contributed by atoms with Gasteiger partial charge in [0.05, 0.1) is 12.2 Å². The van der Waals surface area contributed by atoms with Crippen LogP contribution in [0.15, 0.2) is 12.4 Å². The molecule has 0 bridgehead atoms. The van der Waals surface area contributed by atoms with Gasteiger partial charge in [-0.25, -0.2) is 4.98 Å². The molecule has 6 nitrogen and oxygen atoms in total. The lowest BCUT2D eigenvalue weighted by Gasteiger charge is -2.62. The van der Waals surface area contributed by atoms with E-state index in [1.165, 1.54) is 25.7 Å². The van der Waals surface area contributed by atoms with Crippen molar-refractivity contribution in [1.82, 2.24) is 9.97 Å². The van der Waals surface area contributed by atoms with Gasteiger partial charge in [-0.3, -0.25) is 10.1 Å². The van der Waals surface area contributed by atoms with E-state index in [0.717, 1.165) is 32.1 Å². The fourth-order valence-corrected chi connectivity index (χ4v) is 9.25. The van der Waals surface area contributed by atoms with Gasteiger partial charge in [-0.15, -0.1) is 0 Å². The van der Waals surface area contributed by atoms with Crippen LogP contribution < -0.4 is 5.32 Å². The maximum Gasteiger partial charge on any atom is 0.226 e. The van der Waals surface area contributed by atoms with Gasteiger partial charge in [0.2, 0.25) is 11.9 Å². The number of nitrogens with zero attached hydrogens (tertiary/aromatic N) is 1. The summed E-state index contributed by atoms with van der Waals surface area (Å²) < 4.78 is 0. The lowest BCUT2D eigenvalue weighted by Crippen LogP contribution is -2.58. The number of hydrogen-bond acceptors (Lipinski definition) is 4. The highest BCUT2D eigenvalue weighted by Gasteiger charge is 2.63. The van der Waals surface area contributed by atoms with Crippen LogP contribution in [0.5, 0.6) is 0 Å². The lowest BCUT2D eigenvalue weighted by molar-refractivity contribution is -0.174. The van der Waals surface area contributed by atoms with Crippen molar-refractivity contribution >= 4 is 11.9 Å². The predicted molar refractivity (Wildman–Crippen MR) is 128 cm³/mol. The van der Waals surface area contributed by atoms with Crippen LogP contribution in [0, 0.1) is 46.3 Å². The van der Waals surface area contributed by atoms with E-state index in [0.29, 0.717) is 47.9 Å². The van der Waals surface area contributed by atoms with Gasteiger partial charge in [-0.05, 0) is 104 Å². The molecule has 6 heteroatoms. The van der Waals surface area contributed by atoms with Crippen molar-refractivity contribution in [3.05, 3.63) is 12.4 Å². The number of hydrogen-bond donors (Lipinski definition) is 4. The third-order valence-electron chi connectivity index (χ3n) is 11.1. The zero-order valence-electron chi connectivity index (χ0n) is 20.6. The summed E-state index contributed by atoms with van der Waals surface area (Å²) in [5.41, 5.74) is 0.230. The molecule has 4 fully saturated rings. The molecule has 1 aromatic rings. The van der Waals surface area contributed by atoms with Crippen LogP contribution >= 0.6 is 0 Å². The molecule has 4 N–H and O–H groups in total. The second-order valence-corrected chi connectivity index (χ2v) is 12.4. The molecule has 0 radical (unpaired) electrons. The van der Waals surface area contributed by atoms with Crippen LogP contribution in [-0.2, 0) is 4.79 Å². The average molecular weight is 458 g/mol. The predicted octanol–water partition coefficient (Wildman–Crippen LogP) is 4.76. The molecule has 33 heavy (non-hydrogen) atoms. The third-order valence-corrected chi connectivity index (χ3v) is 11.1. The number of aliphatic hydroxyl groups is 2. The zero-order valence-corrected chi connectivity index (χ0v) is 20.6. The highest BCUT2D eigenvalue weighted by atomic mass is 16.3. The number of rotatable bonds is 5. The maximum atomic E-state index is 12.4. The SMILES string of the molecule is CC(CCC(=O)Nc1ncc[nH]1)C1CCC2C3CCC4CC(O)CCC4(C)C3CC(O)C12C. The number of aromatic amines is 1. The third kappa shape index (κ3) is 3.85. The number of nitrogens with one attached hydrogen (secondary N) is 2. The first-order valence-corrected chi connectivity index (χ1v) is 13.4. The number of amides is 1. The van der Waals surface area contributed by atoms with Crippen molar-refractivity contribution in [2.24, 2.45) is 46.3 Å². The lowest BCUT2D eigenvalue weighted by atomic mass is 9.43. The molecule has 1 aromatic heterocycles. The molecule has 0 aromatic carbocycles. The summed E-state index contributed by atoms with van der Waals surface area (Å²) in [5, 5.41) is 24.8. The number of aliphatic hydroxyl groups excluding tert-OH is 2. The first-order valence-electron chi connectivity index (χ1n) is 13.4. The molecule has 1 amide bonds. The van der Waals surface area contributed by atoms with Crippen LogP contribution in [0.3, 0.4) is 0 Å². The number of anilines is 1. The summed E-state index contributed by atoms with van der Waals surface area (Å²) >= 11 is 0. The smallest absolute Gasteiger partial charge is 0.226 e. The summed E-state index contributed by atoms with van der Waals surface area (Å²) in [5.74, 6) is 3.88. The highest BCUT2D eigenvalue weighted by molar-refractivity contribution is 5.88. The number of H-pyrrole nitrogens is 1. The van der Waals surface area contributed by atoms with Gasteiger partial charge in [0.1, 0.15) is 0 Å². The first kappa shape index (κ1) is 23.3. The molecule has 4 aliphatic carbocycles. The van der Waals surface area contributed by atoms with Gasteiger partial charge in [-0.1, -0.05) is 20.8 Å². The van der Waals surface area contributed by atoms with Crippen molar-refractivity contribution in [1.29, 1.82) is 0 Å². The Labute approximate surface area is 198 Å². The second-order valence-electron chi connectivity index (χ2n) is 12.4. The number of imidazole rings is 1. The normalized spacial score (nSPS) is 45.5. The van der Waals surface area contributed by atoms with Crippen LogP contribution in [0.4, 0.5) is 5.95 Å². The van der Waals surface area contributed by atoms with Crippen LogP contribution in [-0.4, -0.2) is 38.3 Å². The highest BCUT2D eigenvalue weighted by Crippen LogP contribution is 2.68. The Hall–Kier alpha value is -1.40. The molecule has 0 aliphatic heterocycles. The Balaban J connectivity index is 1.27. The Morgan fingerprint density at radius 2 is 2.00 bits per heavy atom. The Morgan fingerprint density at radius 3 is 2.76 bits per heavy atom. The van der Waals surface area contributed by atoms with Crippen molar-refractivity contribution < 1.29 is 15.0 Å². The zero-order chi connectivity index (χ0) is 23.4. The average Bonchev–Trinajstić information content (AvgIpc) is 3.41. The van der Waals surface area contributed by atoms with Gasteiger partial charge in [0.15, 0.2) is 0 Å². The molecule has 4 aliphatic rings. The maximum absolute atomic E-state index is 12.4. The number of carbonyl (C=O) groups is 1. The van der Waals surface area contributed by atoms with E-state index in [1.54, 1.807) is 12.4 Å². The van der Waals surface area contributed by atoms with Crippen LogP contribution in [0.25, 0.3) is 0 Å². The van der Waals surface area contributed by atoms with E-state index in [1.807, 2.05) is 0 Å². The van der Waals surface area contributed by atoms with E-state index >= 15 is 0 Å². The van der Waals surface area contributed by atoms with Crippen LogP contribution in [0.1, 0.15) is 85.0 Å². The summed E-state index contributed by atoms with van der Waals surface area (Å²) in [7, 11) is 0. The summed E-state index contributed by atoms with van der Waals surface area (Å²) in [6.45, 7) is 7.13. The topological polar surface area (TPSA) is 98.2 Å². The minimum absolute atomic E-state index is 0.00601.